The van der Waals surface area contributed by atoms with E-state index in [1.165, 1.54) is 0 Å². The summed E-state index contributed by atoms with van der Waals surface area (Å²) in [6, 6.07) is 65.5. The van der Waals surface area contributed by atoms with E-state index in [9.17, 15) is 30.6 Å². The highest BCUT2D eigenvalue weighted by atomic mass is 31.2. The smallest absolute Gasteiger partial charge is 0.478 e. The maximum absolute atomic E-state index is 18.5. The summed E-state index contributed by atoms with van der Waals surface area (Å²) in [5.41, 5.74) is 7.50. The van der Waals surface area contributed by atoms with E-state index >= 15 is 4.57 Å². The van der Waals surface area contributed by atoms with E-state index in [0.717, 1.165) is 50.1 Å². The second kappa shape index (κ2) is 18.7. The van der Waals surface area contributed by atoms with E-state index < -0.39 is 42.4 Å². The lowest BCUT2D eigenvalue weighted by atomic mass is 9.69. The van der Waals surface area contributed by atoms with Crippen molar-refractivity contribution < 1.29 is 48.8 Å². The predicted octanol–water partition coefficient (Wildman–Crippen LogP) is 15.9. The lowest BCUT2D eigenvalue weighted by molar-refractivity contribution is -0.0458. The average Bonchev–Trinajstić information content (AvgIpc) is 1.88. The molecule has 11 heteroatoms. The van der Waals surface area contributed by atoms with Gasteiger partial charge in [0.15, 0.2) is 0 Å². The first kappa shape index (κ1) is 50.3. The lowest BCUT2D eigenvalue weighted by Crippen LogP contribution is -2.42. The zero-order chi connectivity index (χ0) is 56.4. The van der Waals surface area contributed by atoms with Gasteiger partial charge in [0.05, 0.1) is 0 Å². The first-order valence-electron chi connectivity index (χ1n) is 27.4. The molecule has 0 fully saturated rings. The molecule has 6 unspecified atom stereocenters. The van der Waals surface area contributed by atoms with Crippen molar-refractivity contribution in [2.24, 2.45) is 0 Å². The van der Waals surface area contributed by atoms with Gasteiger partial charge in [0, 0.05) is 17.8 Å². The van der Waals surface area contributed by atoms with Crippen LogP contribution in [-0.4, -0.2) is 30.6 Å². The molecule has 0 radical (unpaired) electrons. The van der Waals surface area contributed by atoms with Gasteiger partial charge in [0.2, 0.25) is 0 Å². The van der Waals surface area contributed by atoms with Gasteiger partial charge in [-0.3, -0.25) is 13.6 Å². The zero-order valence-corrected chi connectivity index (χ0v) is 45.1. The molecule has 0 spiro atoms. The summed E-state index contributed by atoms with van der Waals surface area (Å²) in [5.74, 6) is -2.41. The summed E-state index contributed by atoms with van der Waals surface area (Å²) >= 11 is 0. The van der Waals surface area contributed by atoms with E-state index in [1.54, 1.807) is 109 Å². The molecule has 6 atom stereocenters. The SMILES string of the molecule is O=P(OC12C=CC(c3cccc(O)c3)=C(c3ccc1cc3)C2c1cccc(O)c1)(OC12C=CC(c3cccc(O)c3)=C(c3ccc1cc3)C2c1cccc(O)c1)OC12C=CC(c3cccc(O)c3)=C(c3ccc1cc3)C2c1cccc(O)c1. The number of hydrogen-bond acceptors (Lipinski definition) is 10. The molecule has 0 amide bonds. The minimum atomic E-state index is -5.43. The largest absolute Gasteiger partial charge is 0.508 e. The Hall–Kier alpha value is -9.67. The number of phosphoric acid groups is 1. The Bertz CT molecular complexity index is 3990. The molecule has 18 rings (SSSR count). The maximum Gasteiger partial charge on any atom is 0.478 e. The molecule has 404 valence electrons. The molecular formula is C72H51O10P. The van der Waals surface area contributed by atoms with Crippen LogP contribution in [-0.2, 0) is 34.9 Å². The number of fused-ring (bicyclic) bond motifs is 6. The van der Waals surface area contributed by atoms with Crippen LogP contribution in [0.5, 0.6) is 34.5 Å². The van der Waals surface area contributed by atoms with Gasteiger partial charge < -0.3 is 30.6 Å². The molecule has 9 aliphatic rings. The number of rotatable bonds is 12. The third kappa shape index (κ3) is 7.94. The van der Waals surface area contributed by atoms with Gasteiger partial charge in [-0.25, -0.2) is 4.57 Å². The van der Waals surface area contributed by atoms with Crippen LogP contribution in [0.4, 0.5) is 0 Å². The summed E-state index contributed by atoms with van der Waals surface area (Å²) in [4.78, 5) is 0. The molecule has 9 aliphatic carbocycles. The standard InChI is InChI=1S/C72H51O10P/c73-55-13-1-7-46(37-55)61-31-34-70(52-25-19-43(20-26-52)64(61)67(70)49-10-4-16-58(76)40-49)80-83(79,81-71-35-32-62(47-8-2-14-56(74)38-47)65(44-21-27-53(71)28-22-44)68(71)50-11-5-17-59(77)41-50)82-72-36-33-63(48-9-3-15-57(75)39-48)66(45-23-29-54(72)30-24-45)69(72)51-12-6-18-60(78)42-51/h1-42,67-69,73-78H. The van der Waals surface area contributed by atoms with Crippen molar-refractivity contribution in [3.8, 4) is 34.5 Å². The highest BCUT2D eigenvalue weighted by Crippen LogP contribution is 2.73. The molecular weight excluding hydrogens is 1060 g/mol. The van der Waals surface area contributed by atoms with E-state index in [4.69, 9.17) is 13.6 Å². The number of phenols is 6. The quantitative estimate of drug-likeness (QED) is 0.0649. The Morgan fingerprint density at radius 3 is 0.807 bits per heavy atom. The topological polar surface area (TPSA) is 166 Å². The van der Waals surface area contributed by atoms with Crippen molar-refractivity contribution in [1.29, 1.82) is 0 Å². The first-order valence-corrected chi connectivity index (χ1v) is 28.9. The van der Waals surface area contributed by atoms with Crippen LogP contribution in [0.1, 0.15) is 84.5 Å². The summed E-state index contributed by atoms with van der Waals surface area (Å²) in [7, 11) is -5.43. The molecule has 9 aromatic carbocycles. The van der Waals surface area contributed by atoms with Gasteiger partial charge in [0.1, 0.15) is 51.3 Å². The van der Waals surface area contributed by atoms with E-state index in [-0.39, 0.29) is 34.5 Å². The van der Waals surface area contributed by atoms with Crippen LogP contribution in [0.3, 0.4) is 0 Å². The third-order valence-electron chi connectivity index (χ3n) is 17.3. The van der Waals surface area contributed by atoms with Crippen molar-refractivity contribution in [1.82, 2.24) is 0 Å². The number of benzene rings is 9. The molecule has 9 aromatic rings. The van der Waals surface area contributed by atoms with Crippen molar-refractivity contribution in [2.45, 2.75) is 34.6 Å². The second-order valence-corrected chi connectivity index (χ2v) is 23.5. The maximum atomic E-state index is 18.5. The Morgan fingerprint density at radius 2 is 0.554 bits per heavy atom. The Kier molecular flexibility index (Phi) is 11.3. The van der Waals surface area contributed by atoms with Crippen LogP contribution < -0.4 is 0 Å². The molecule has 10 nitrogen and oxygen atoms in total. The van der Waals surface area contributed by atoms with Gasteiger partial charge >= 0.3 is 7.82 Å². The normalized spacial score (nSPS) is 23.7. The second-order valence-electron chi connectivity index (χ2n) is 22.0. The van der Waals surface area contributed by atoms with Crippen LogP contribution >= 0.6 is 7.82 Å². The first-order chi connectivity index (χ1) is 40.3. The Labute approximate surface area is 478 Å². The molecule has 83 heavy (non-hydrogen) atoms. The van der Waals surface area contributed by atoms with E-state index in [0.29, 0.717) is 50.1 Å². The van der Waals surface area contributed by atoms with E-state index in [2.05, 4.69) is 0 Å². The van der Waals surface area contributed by atoms with Crippen LogP contribution in [0, 0.1) is 0 Å². The van der Waals surface area contributed by atoms with Crippen molar-refractivity contribution in [2.75, 3.05) is 0 Å². The van der Waals surface area contributed by atoms with Crippen LogP contribution in [0.25, 0.3) is 33.4 Å². The van der Waals surface area contributed by atoms with Crippen LogP contribution in [0.15, 0.2) is 255 Å². The molecule has 0 heterocycles. The van der Waals surface area contributed by atoms with Crippen molar-refractivity contribution >= 4 is 41.3 Å². The Balaban J connectivity index is 1.02. The monoisotopic (exact) mass is 1110 g/mol. The molecule has 6 N–H and O–H groups in total. The number of aromatic hydroxyl groups is 6. The van der Waals surface area contributed by atoms with Gasteiger partial charge in [-0.1, -0.05) is 164 Å². The number of phosphoric ester groups is 1. The zero-order valence-electron chi connectivity index (χ0n) is 44.2. The fraction of sp³-hybridized carbons (Fsp3) is 0.0833. The number of allylic oxidation sites excluding steroid dienone is 6. The molecule has 0 saturated heterocycles. The van der Waals surface area contributed by atoms with Crippen molar-refractivity contribution in [3.63, 3.8) is 0 Å². The molecule has 0 saturated carbocycles. The van der Waals surface area contributed by atoms with Crippen molar-refractivity contribution in [3.05, 3.63) is 322 Å². The summed E-state index contributed by atoms with van der Waals surface area (Å²) in [6.45, 7) is 0. The highest BCUT2D eigenvalue weighted by Gasteiger charge is 2.61. The third-order valence-corrected chi connectivity index (χ3v) is 18.9. The molecule has 12 bridgehead atoms. The van der Waals surface area contributed by atoms with Gasteiger partial charge in [0.25, 0.3) is 0 Å². The molecule has 0 aromatic heterocycles. The predicted molar refractivity (Wildman–Crippen MR) is 320 cm³/mol. The van der Waals surface area contributed by atoms with Crippen LogP contribution in [0.2, 0.25) is 0 Å². The fourth-order valence-electron chi connectivity index (χ4n) is 13.9. The summed E-state index contributed by atoms with van der Waals surface area (Å²) < 4.78 is 42.2. The summed E-state index contributed by atoms with van der Waals surface area (Å²) in [5, 5.41) is 67.2. The minimum Gasteiger partial charge on any atom is -0.508 e. The van der Waals surface area contributed by atoms with Gasteiger partial charge in [-0.15, -0.1) is 0 Å². The van der Waals surface area contributed by atoms with E-state index in [1.807, 2.05) is 146 Å². The van der Waals surface area contributed by atoms with Gasteiger partial charge in [-0.2, -0.15) is 0 Å². The lowest BCUT2D eigenvalue weighted by Gasteiger charge is -2.49. The number of hydrogen-bond donors (Lipinski definition) is 6. The highest BCUT2D eigenvalue weighted by molar-refractivity contribution is 7.48. The minimum absolute atomic E-state index is 0.00470. The Morgan fingerprint density at radius 1 is 0.301 bits per heavy atom. The fourth-order valence-corrected chi connectivity index (χ4v) is 16.0. The summed E-state index contributed by atoms with van der Waals surface area (Å²) in [6.07, 6.45) is 11.4. The molecule has 0 aliphatic heterocycles. The van der Waals surface area contributed by atoms with Gasteiger partial charge in [-0.05, 0) is 191 Å². The number of phenolic OH excluding ortho intramolecular Hbond substituents is 6. The average molecular weight is 1110 g/mol.